The van der Waals surface area contributed by atoms with Crippen molar-refractivity contribution < 1.29 is 9.53 Å². The minimum atomic E-state index is -0.108. The Kier molecular flexibility index (Phi) is 6.39. The van der Waals surface area contributed by atoms with Crippen molar-refractivity contribution in [3.05, 3.63) is 93.6 Å². The van der Waals surface area contributed by atoms with Gasteiger partial charge in [-0.1, -0.05) is 53.6 Å². The molecule has 1 aromatic heterocycles. The fourth-order valence-electron chi connectivity index (χ4n) is 2.88. The van der Waals surface area contributed by atoms with Crippen LogP contribution >= 0.6 is 23.4 Å². The topological polar surface area (TPSA) is 54.8 Å². The van der Waals surface area contributed by atoms with E-state index in [-0.39, 0.29) is 5.91 Å². The highest BCUT2D eigenvalue weighted by molar-refractivity contribution is 8.18. The van der Waals surface area contributed by atoms with Gasteiger partial charge >= 0.3 is 0 Å². The van der Waals surface area contributed by atoms with Crippen molar-refractivity contribution in [2.24, 2.45) is 4.99 Å². The first-order valence-corrected chi connectivity index (χ1v) is 10.8. The Morgan fingerprint density at radius 2 is 1.87 bits per heavy atom. The number of aliphatic imine (C=N–C) groups is 1. The molecule has 0 aliphatic carbocycles. The van der Waals surface area contributed by atoms with Crippen LogP contribution in [-0.4, -0.2) is 28.0 Å². The number of aromatic nitrogens is 1. The predicted octanol–water partition coefficient (Wildman–Crippen LogP) is 5.86. The number of benzene rings is 2. The maximum absolute atomic E-state index is 12.6. The summed E-state index contributed by atoms with van der Waals surface area (Å²) in [5, 5.41) is 0.860. The van der Waals surface area contributed by atoms with Crippen LogP contribution in [0.1, 0.15) is 16.7 Å². The van der Waals surface area contributed by atoms with Crippen LogP contribution in [0.4, 0.5) is 5.69 Å². The number of carbonyl (C=O) groups is 1. The van der Waals surface area contributed by atoms with E-state index in [0.717, 1.165) is 16.9 Å². The van der Waals surface area contributed by atoms with Gasteiger partial charge in [0.15, 0.2) is 10.3 Å². The summed E-state index contributed by atoms with van der Waals surface area (Å²) in [6, 6.07) is 19.4. The van der Waals surface area contributed by atoms with Crippen LogP contribution in [0, 0.1) is 6.92 Å². The van der Waals surface area contributed by atoms with Crippen LogP contribution in [-0.2, 0) is 11.4 Å². The van der Waals surface area contributed by atoms with Crippen molar-refractivity contribution in [1.29, 1.82) is 0 Å². The van der Waals surface area contributed by atoms with Gasteiger partial charge in [0.2, 0.25) is 0 Å². The highest BCUT2D eigenvalue weighted by Gasteiger charge is 2.30. The molecule has 1 amide bonds. The highest BCUT2D eigenvalue weighted by atomic mass is 35.5. The summed E-state index contributed by atoms with van der Waals surface area (Å²) in [5.41, 5.74) is 3.78. The van der Waals surface area contributed by atoms with E-state index in [1.165, 1.54) is 22.2 Å². The zero-order chi connectivity index (χ0) is 21.8. The summed E-state index contributed by atoms with van der Waals surface area (Å²) in [7, 11) is 1.70. The van der Waals surface area contributed by atoms with Crippen molar-refractivity contribution >= 4 is 46.2 Å². The van der Waals surface area contributed by atoms with Crippen molar-refractivity contribution in [3.8, 4) is 5.75 Å². The molecule has 2 aromatic carbocycles. The van der Waals surface area contributed by atoms with E-state index in [1.807, 2.05) is 30.3 Å². The molecule has 0 radical (unpaired) electrons. The molecule has 4 rings (SSSR count). The number of halogens is 1. The Bertz CT molecular complexity index is 1160. The van der Waals surface area contributed by atoms with Crippen LogP contribution in [0.5, 0.6) is 5.75 Å². The molecule has 0 unspecified atom stereocenters. The summed E-state index contributed by atoms with van der Waals surface area (Å²) in [6.45, 7) is 2.57. The first-order valence-electron chi connectivity index (χ1n) is 9.65. The second kappa shape index (κ2) is 9.37. The van der Waals surface area contributed by atoms with Crippen molar-refractivity contribution in [3.63, 3.8) is 0 Å². The first kappa shape index (κ1) is 21.2. The molecule has 0 spiro atoms. The van der Waals surface area contributed by atoms with Crippen LogP contribution in [0.15, 0.2) is 76.8 Å². The fraction of sp³-hybridized carbons (Fsp3) is 0.125. The molecular weight excluding hydrogens is 430 g/mol. The number of likely N-dealkylation sites (N-methyl/N-ethyl adjacent to an activating group) is 1. The monoisotopic (exact) mass is 449 g/mol. The van der Waals surface area contributed by atoms with Gasteiger partial charge in [-0.15, -0.1) is 0 Å². The van der Waals surface area contributed by atoms with E-state index >= 15 is 0 Å². The largest absolute Gasteiger partial charge is 0.489 e. The zero-order valence-electron chi connectivity index (χ0n) is 17.1. The summed E-state index contributed by atoms with van der Waals surface area (Å²) >= 11 is 7.39. The Hall–Kier alpha value is -3.09. The van der Waals surface area contributed by atoms with Gasteiger partial charge < -0.3 is 4.74 Å². The molecule has 0 saturated carbocycles. The van der Waals surface area contributed by atoms with Crippen LogP contribution < -0.4 is 4.74 Å². The predicted molar refractivity (Wildman–Crippen MR) is 127 cm³/mol. The highest BCUT2D eigenvalue weighted by Crippen LogP contribution is 2.34. The molecule has 1 saturated heterocycles. The molecule has 1 aliphatic heterocycles. The van der Waals surface area contributed by atoms with Crippen LogP contribution in [0.25, 0.3) is 6.08 Å². The summed E-state index contributed by atoms with van der Waals surface area (Å²) in [5.74, 6) is 0.669. The van der Waals surface area contributed by atoms with Gasteiger partial charge in [-0.25, -0.2) is 9.98 Å². The van der Waals surface area contributed by atoms with Crippen LogP contribution in [0.3, 0.4) is 0 Å². The zero-order valence-corrected chi connectivity index (χ0v) is 18.7. The number of hydrogen-bond acceptors (Lipinski definition) is 5. The second-order valence-electron chi connectivity index (χ2n) is 7.03. The van der Waals surface area contributed by atoms with Gasteiger partial charge in [0, 0.05) is 13.2 Å². The van der Waals surface area contributed by atoms with Gasteiger partial charge in [0.1, 0.15) is 18.0 Å². The van der Waals surface area contributed by atoms with E-state index < -0.39 is 0 Å². The van der Waals surface area contributed by atoms with E-state index in [1.54, 1.807) is 25.4 Å². The maximum Gasteiger partial charge on any atom is 0.266 e. The standard InChI is InChI=1S/C24H20ClN3O2S/c1-16-5-7-18(8-6-16)15-30-19-11-9-17(10-12-19)14-21-23(29)28(2)24(31-21)27-20-4-3-13-26-22(20)25/h3-14H,15H2,1-2H3/b21-14-,27-24?. The van der Waals surface area contributed by atoms with Crippen molar-refractivity contribution in [1.82, 2.24) is 9.88 Å². The summed E-state index contributed by atoms with van der Waals surface area (Å²) in [4.78, 5) is 23.2. The minimum absolute atomic E-state index is 0.108. The van der Waals surface area contributed by atoms with E-state index in [9.17, 15) is 4.79 Å². The number of thioether (sulfide) groups is 1. The van der Waals surface area contributed by atoms with E-state index in [4.69, 9.17) is 16.3 Å². The molecule has 2 heterocycles. The van der Waals surface area contributed by atoms with E-state index in [0.29, 0.717) is 27.5 Å². The van der Waals surface area contributed by atoms with Crippen molar-refractivity contribution in [2.75, 3.05) is 7.05 Å². The Labute approximate surface area is 190 Å². The molecule has 5 nitrogen and oxygen atoms in total. The number of pyridine rings is 1. The summed E-state index contributed by atoms with van der Waals surface area (Å²) < 4.78 is 5.85. The average molecular weight is 450 g/mol. The molecule has 0 N–H and O–H groups in total. The number of nitrogens with zero attached hydrogens (tertiary/aromatic N) is 3. The van der Waals surface area contributed by atoms with Crippen LogP contribution in [0.2, 0.25) is 5.15 Å². The molecule has 0 bridgehead atoms. The lowest BCUT2D eigenvalue weighted by atomic mass is 10.1. The summed E-state index contributed by atoms with van der Waals surface area (Å²) in [6.07, 6.45) is 3.45. The molecular formula is C24H20ClN3O2S. The van der Waals surface area contributed by atoms with Gasteiger partial charge in [-0.05, 0) is 60.2 Å². The number of rotatable bonds is 5. The second-order valence-corrected chi connectivity index (χ2v) is 8.39. The SMILES string of the molecule is Cc1ccc(COc2ccc(/C=C3\SC(=Nc4cccnc4Cl)N(C)C3=O)cc2)cc1. The molecule has 7 heteroatoms. The molecule has 156 valence electrons. The van der Waals surface area contributed by atoms with E-state index in [2.05, 4.69) is 41.2 Å². The molecule has 1 fully saturated rings. The fourth-order valence-corrected chi connectivity index (χ4v) is 4.02. The third kappa shape index (κ3) is 5.16. The molecule has 0 atom stereocenters. The smallest absolute Gasteiger partial charge is 0.266 e. The van der Waals surface area contributed by atoms with Gasteiger partial charge in [0.25, 0.3) is 5.91 Å². The van der Waals surface area contributed by atoms with Gasteiger partial charge in [-0.2, -0.15) is 0 Å². The van der Waals surface area contributed by atoms with Gasteiger partial charge in [0.05, 0.1) is 4.91 Å². The number of hydrogen-bond donors (Lipinski definition) is 0. The normalized spacial score (nSPS) is 16.4. The minimum Gasteiger partial charge on any atom is -0.489 e. The lowest BCUT2D eigenvalue weighted by Gasteiger charge is -2.07. The van der Waals surface area contributed by atoms with Gasteiger partial charge in [-0.3, -0.25) is 9.69 Å². The first-order chi connectivity index (χ1) is 15.0. The lowest BCUT2D eigenvalue weighted by Crippen LogP contribution is -2.23. The Balaban J connectivity index is 1.45. The Morgan fingerprint density at radius 3 is 2.58 bits per heavy atom. The lowest BCUT2D eigenvalue weighted by molar-refractivity contribution is -0.121. The maximum atomic E-state index is 12.6. The van der Waals surface area contributed by atoms with Crippen molar-refractivity contribution in [2.45, 2.75) is 13.5 Å². The third-order valence-corrected chi connectivity index (χ3v) is 6.01. The number of ether oxygens (including phenoxy) is 1. The quantitative estimate of drug-likeness (QED) is 0.362. The Morgan fingerprint density at radius 1 is 1.13 bits per heavy atom. The molecule has 1 aliphatic rings. The molecule has 31 heavy (non-hydrogen) atoms. The number of carbonyl (C=O) groups excluding carboxylic acids is 1. The number of amides is 1. The third-order valence-electron chi connectivity index (χ3n) is 4.66. The molecule has 3 aromatic rings. The number of amidine groups is 1. The number of aryl methyl sites for hydroxylation is 1. The average Bonchev–Trinajstić information content (AvgIpc) is 3.04.